The molecule has 0 aromatic heterocycles. The van der Waals surface area contributed by atoms with Crippen molar-refractivity contribution in [2.24, 2.45) is 5.92 Å². The van der Waals surface area contributed by atoms with E-state index in [-0.39, 0.29) is 46.9 Å². The van der Waals surface area contributed by atoms with E-state index in [1.807, 2.05) is 0 Å². The van der Waals surface area contributed by atoms with Crippen molar-refractivity contribution < 1.29 is 40.7 Å². The minimum absolute atomic E-state index is 0.0532. The van der Waals surface area contributed by atoms with Gasteiger partial charge in [0.15, 0.2) is 0 Å². The molecule has 1 fully saturated rings. The van der Waals surface area contributed by atoms with Crippen LogP contribution in [0.2, 0.25) is 0 Å². The number of halogens is 3. The summed E-state index contributed by atoms with van der Waals surface area (Å²) in [6.07, 6.45) is -4.40. The largest absolute Gasteiger partial charge is 0.573 e. The molecule has 1 saturated heterocycles. The Labute approximate surface area is 193 Å². The highest BCUT2D eigenvalue weighted by molar-refractivity contribution is 7.92. The van der Waals surface area contributed by atoms with Crippen molar-refractivity contribution in [1.82, 2.24) is 5.32 Å². The number of hydrogen-bond acceptors (Lipinski definition) is 6. The van der Waals surface area contributed by atoms with Crippen molar-refractivity contribution >= 4 is 33.2 Å². The highest BCUT2D eigenvalue weighted by Crippen LogP contribution is 2.31. The van der Waals surface area contributed by atoms with Crippen LogP contribution in [0.4, 0.5) is 24.5 Å². The summed E-state index contributed by atoms with van der Waals surface area (Å²) in [4.78, 5) is 23.7. The third-order valence-corrected chi connectivity index (χ3v) is 6.16. The third kappa shape index (κ3) is 6.76. The first-order valence-corrected chi connectivity index (χ1v) is 11.7. The Hall–Kier alpha value is -3.48. The van der Waals surface area contributed by atoms with Gasteiger partial charge in [-0.1, -0.05) is 6.07 Å². The zero-order valence-corrected chi connectivity index (χ0v) is 18.8. The lowest BCUT2D eigenvalue weighted by Crippen LogP contribution is -2.38. The van der Waals surface area contributed by atoms with Crippen LogP contribution >= 0.6 is 0 Å². The van der Waals surface area contributed by atoms with Crippen molar-refractivity contribution in [3.8, 4) is 11.5 Å². The monoisotopic (exact) mass is 501 g/mol. The average molecular weight is 501 g/mol. The first-order valence-electron chi connectivity index (χ1n) is 10.2. The Morgan fingerprint density at radius 1 is 1.18 bits per heavy atom. The molecule has 0 radical (unpaired) electrons. The van der Waals surface area contributed by atoms with Crippen LogP contribution in [0.5, 0.6) is 11.5 Å². The maximum Gasteiger partial charge on any atom is 0.573 e. The number of anilines is 2. The SMILES string of the molecule is CCOc1cc(NC(=O)C2CCNC(=O)C2)ccc1S(=O)(=O)Nc1cccc(OC(F)(F)F)c1. The van der Waals surface area contributed by atoms with E-state index in [2.05, 4.69) is 20.1 Å². The van der Waals surface area contributed by atoms with Crippen LogP contribution < -0.4 is 24.8 Å². The van der Waals surface area contributed by atoms with Gasteiger partial charge >= 0.3 is 6.36 Å². The number of alkyl halides is 3. The zero-order chi connectivity index (χ0) is 24.9. The normalized spacial score (nSPS) is 16.4. The fourth-order valence-corrected chi connectivity index (χ4v) is 4.47. The minimum Gasteiger partial charge on any atom is -0.492 e. The Morgan fingerprint density at radius 3 is 2.62 bits per heavy atom. The number of benzene rings is 2. The number of hydrogen-bond donors (Lipinski definition) is 3. The lowest BCUT2D eigenvalue weighted by atomic mass is 9.96. The van der Waals surface area contributed by atoms with Crippen LogP contribution in [0.25, 0.3) is 0 Å². The van der Waals surface area contributed by atoms with Gasteiger partial charge in [0.1, 0.15) is 16.4 Å². The summed E-state index contributed by atoms with van der Waals surface area (Å²) in [6, 6.07) is 8.25. The molecule has 2 amide bonds. The maximum absolute atomic E-state index is 12.9. The molecule has 3 rings (SSSR count). The van der Waals surface area contributed by atoms with Crippen molar-refractivity contribution in [2.45, 2.75) is 31.0 Å². The summed E-state index contributed by atoms with van der Waals surface area (Å²) in [5.74, 6) is -1.78. The predicted octanol–water partition coefficient (Wildman–Crippen LogP) is 3.25. The topological polar surface area (TPSA) is 123 Å². The van der Waals surface area contributed by atoms with Crippen LogP contribution in [0.3, 0.4) is 0 Å². The maximum atomic E-state index is 12.9. The first kappa shape index (κ1) is 25.1. The van der Waals surface area contributed by atoms with Gasteiger partial charge in [0.25, 0.3) is 10.0 Å². The summed E-state index contributed by atoms with van der Waals surface area (Å²) < 4.78 is 74.6. The van der Waals surface area contributed by atoms with Gasteiger partial charge in [0, 0.05) is 36.7 Å². The molecule has 1 aliphatic heterocycles. The van der Waals surface area contributed by atoms with Crippen LogP contribution in [0, 0.1) is 5.92 Å². The van der Waals surface area contributed by atoms with E-state index in [0.29, 0.717) is 13.0 Å². The lowest BCUT2D eigenvalue weighted by molar-refractivity contribution is -0.274. The highest BCUT2D eigenvalue weighted by atomic mass is 32.2. The molecule has 9 nitrogen and oxygen atoms in total. The molecule has 1 unspecified atom stereocenters. The quantitative estimate of drug-likeness (QED) is 0.510. The average Bonchev–Trinajstić information content (AvgIpc) is 2.72. The number of nitrogens with one attached hydrogen (secondary N) is 3. The van der Waals surface area contributed by atoms with Crippen LogP contribution in [-0.4, -0.2) is 39.7 Å². The second-order valence-corrected chi connectivity index (χ2v) is 8.96. The molecule has 3 N–H and O–H groups in total. The number of piperidine rings is 1. The summed E-state index contributed by atoms with van der Waals surface area (Å²) in [6.45, 7) is 2.13. The molecule has 2 aromatic carbocycles. The molecule has 34 heavy (non-hydrogen) atoms. The Balaban J connectivity index is 1.80. The van der Waals surface area contributed by atoms with Crippen molar-refractivity contribution in [1.29, 1.82) is 0 Å². The van der Waals surface area contributed by atoms with Gasteiger partial charge in [0.05, 0.1) is 12.3 Å². The number of sulfonamides is 1. The summed E-state index contributed by atoms with van der Waals surface area (Å²) in [7, 11) is -4.28. The molecule has 0 spiro atoms. The van der Waals surface area contributed by atoms with E-state index in [4.69, 9.17) is 4.74 Å². The number of amides is 2. The highest BCUT2D eigenvalue weighted by Gasteiger charge is 2.31. The molecule has 13 heteroatoms. The van der Waals surface area contributed by atoms with Crippen molar-refractivity contribution in [3.63, 3.8) is 0 Å². The summed E-state index contributed by atoms with van der Waals surface area (Å²) in [5, 5.41) is 5.29. The Morgan fingerprint density at radius 2 is 1.94 bits per heavy atom. The summed E-state index contributed by atoms with van der Waals surface area (Å²) in [5.41, 5.74) is 0.108. The van der Waals surface area contributed by atoms with E-state index >= 15 is 0 Å². The van der Waals surface area contributed by atoms with E-state index in [0.717, 1.165) is 12.1 Å². The molecule has 0 bridgehead atoms. The Kier molecular flexibility index (Phi) is 7.54. The number of carbonyl (C=O) groups is 2. The van der Waals surface area contributed by atoms with Gasteiger partial charge in [-0.3, -0.25) is 14.3 Å². The lowest BCUT2D eigenvalue weighted by Gasteiger charge is -2.21. The predicted molar refractivity (Wildman–Crippen MR) is 116 cm³/mol. The molecule has 0 saturated carbocycles. The van der Waals surface area contributed by atoms with Gasteiger partial charge in [-0.2, -0.15) is 0 Å². The molecule has 0 aliphatic carbocycles. The second kappa shape index (κ2) is 10.2. The van der Waals surface area contributed by atoms with Crippen molar-refractivity contribution in [2.75, 3.05) is 23.2 Å². The van der Waals surface area contributed by atoms with Gasteiger partial charge in [-0.25, -0.2) is 8.42 Å². The molecular formula is C21H22F3N3O6S. The number of ether oxygens (including phenoxy) is 2. The van der Waals surface area contributed by atoms with Gasteiger partial charge in [-0.15, -0.1) is 13.2 Å². The van der Waals surface area contributed by atoms with E-state index in [9.17, 15) is 31.2 Å². The molecule has 1 heterocycles. The summed E-state index contributed by atoms with van der Waals surface area (Å²) >= 11 is 0. The molecular weight excluding hydrogens is 479 g/mol. The van der Waals surface area contributed by atoms with Gasteiger partial charge in [-0.05, 0) is 37.6 Å². The molecule has 184 valence electrons. The van der Waals surface area contributed by atoms with Crippen molar-refractivity contribution in [3.05, 3.63) is 42.5 Å². The fourth-order valence-electron chi connectivity index (χ4n) is 3.29. The zero-order valence-electron chi connectivity index (χ0n) is 17.9. The van der Waals surface area contributed by atoms with Crippen LogP contribution in [-0.2, 0) is 19.6 Å². The van der Waals surface area contributed by atoms with E-state index < -0.39 is 28.1 Å². The van der Waals surface area contributed by atoms with Gasteiger partial charge in [0.2, 0.25) is 11.8 Å². The standard InChI is InChI=1S/C21H22F3N3O6S/c1-2-32-17-12-14(26-20(29)13-8-9-25-19(28)10-13)6-7-18(17)34(30,31)27-15-4-3-5-16(11-15)33-21(22,23)24/h3-7,11-13,27H,2,8-10H2,1H3,(H,25,28)(H,26,29). The fraction of sp³-hybridized carbons (Fsp3) is 0.333. The first-order chi connectivity index (χ1) is 16.0. The molecule has 2 aromatic rings. The van der Waals surface area contributed by atoms with E-state index in [1.165, 1.54) is 30.3 Å². The second-order valence-electron chi connectivity index (χ2n) is 7.30. The Bertz CT molecular complexity index is 1170. The number of rotatable bonds is 8. The van der Waals surface area contributed by atoms with E-state index in [1.54, 1.807) is 6.92 Å². The van der Waals surface area contributed by atoms with Gasteiger partial charge < -0.3 is 20.1 Å². The third-order valence-electron chi connectivity index (χ3n) is 4.74. The smallest absolute Gasteiger partial charge is 0.492 e. The minimum atomic E-state index is -4.93. The molecule has 1 aliphatic rings. The molecule has 1 atom stereocenters. The number of carbonyl (C=O) groups excluding carboxylic acids is 2. The van der Waals surface area contributed by atoms with Crippen LogP contribution in [0.1, 0.15) is 19.8 Å². The van der Waals surface area contributed by atoms with Crippen LogP contribution in [0.15, 0.2) is 47.4 Å².